The second-order valence-electron chi connectivity index (χ2n) is 3.93. The van der Waals surface area contributed by atoms with Crippen LogP contribution in [0.3, 0.4) is 0 Å². The number of benzene rings is 2. The monoisotopic (exact) mass is 288 g/mol. The Hall–Kier alpha value is -2.58. The summed E-state index contributed by atoms with van der Waals surface area (Å²) in [6.45, 7) is 0.134. The number of nitriles is 1. The quantitative estimate of drug-likeness (QED) is 0.635. The van der Waals surface area contributed by atoms with E-state index in [-0.39, 0.29) is 17.3 Å². The minimum atomic E-state index is -0.512. The van der Waals surface area contributed by atoms with Gasteiger partial charge in [-0.2, -0.15) is 5.26 Å². The maximum atomic E-state index is 10.6. The molecule has 20 heavy (non-hydrogen) atoms. The Labute approximate surface area is 120 Å². The average Bonchev–Trinajstić information content (AvgIpc) is 2.46. The molecule has 0 amide bonds. The van der Waals surface area contributed by atoms with Crippen molar-refractivity contribution in [3.8, 4) is 11.8 Å². The summed E-state index contributed by atoms with van der Waals surface area (Å²) in [6, 6.07) is 13.0. The van der Waals surface area contributed by atoms with Gasteiger partial charge in [0.05, 0.1) is 15.5 Å². The molecule has 0 atom stereocenters. The molecular weight excluding hydrogens is 280 g/mol. The summed E-state index contributed by atoms with van der Waals surface area (Å²) >= 11 is 5.96. The smallest absolute Gasteiger partial charge is 0.270 e. The zero-order valence-corrected chi connectivity index (χ0v) is 11.0. The first-order chi connectivity index (χ1) is 9.61. The molecule has 2 aromatic carbocycles. The van der Waals surface area contributed by atoms with Crippen molar-refractivity contribution in [1.82, 2.24) is 0 Å². The molecule has 2 aromatic rings. The first-order valence-corrected chi connectivity index (χ1v) is 6.04. The number of nitrogens with zero attached hydrogens (tertiary/aromatic N) is 2. The van der Waals surface area contributed by atoms with Gasteiger partial charge in [-0.05, 0) is 18.2 Å². The molecule has 0 aliphatic carbocycles. The van der Waals surface area contributed by atoms with Gasteiger partial charge in [0, 0.05) is 17.7 Å². The van der Waals surface area contributed by atoms with E-state index in [0.29, 0.717) is 16.9 Å². The Kier molecular flexibility index (Phi) is 4.18. The molecule has 0 bridgehead atoms. The maximum absolute atomic E-state index is 10.6. The minimum absolute atomic E-state index is 0.0730. The van der Waals surface area contributed by atoms with E-state index in [1.165, 1.54) is 18.2 Å². The summed E-state index contributed by atoms with van der Waals surface area (Å²) in [5.74, 6) is 0.449. The average molecular weight is 289 g/mol. The molecule has 100 valence electrons. The lowest BCUT2D eigenvalue weighted by molar-refractivity contribution is -0.384. The first kappa shape index (κ1) is 13.8. The SMILES string of the molecule is N#Cc1ccccc1OCc1ccc([N+](=O)[O-])cc1Cl. The van der Waals surface area contributed by atoms with E-state index in [1.54, 1.807) is 24.3 Å². The number of nitro groups is 1. The van der Waals surface area contributed by atoms with Crippen LogP contribution in [0.15, 0.2) is 42.5 Å². The summed E-state index contributed by atoms with van der Waals surface area (Å²) in [5.41, 5.74) is 0.965. The van der Waals surface area contributed by atoms with Crippen LogP contribution in [-0.4, -0.2) is 4.92 Å². The third-order valence-corrected chi connectivity index (χ3v) is 2.99. The van der Waals surface area contributed by atoms with Gasteiger partial charge < -0.3 is 4.74 Å². The Balaban J connectivity index is 2.16. The van der Waals surface area contributed by atoms with Gasteiger partial charge >= 0.3 is 0 Å². The van der Waals surface area contributed by atoms with Crippen molar-refractivity contribution in [2.24, 2.45) is 0 Å². The molecule has 0 aliphatic heterocycles. The van der Waals surface area contributed by atoms with Gasteiger partial charge in [-0.15, -0.1) is 0 Å². The van der Waals surface area contributed by atoms with Crippen LogP contribution in [0.5, 0.6) is 5.75 Å². The number of nitro benzene ring substituents is 1. The molecule has 6 heteroatoms. The Bertz CT molecular complexity index is 695. The van der Waals surface area contributed by atoms with Crippen molar-refractivity contribution in [3.63, 3.8) is 0 Å². The molecule has 0 unspecified atom stereocenters. The molecule has 0 fully saturated rings. The topological polar surface area (TPSA) is 76.2 Å². The maximum Gasteiger partial charge on any atom is 0.270 e. The molecule has 0 heterocycles. The fourth-order valence-electron chi connectivity index (χ4n) is 1.61. The van der Waals surface area contributed by atoms with Gasteiger partial charge in [-0.25, -0.2) is 0 Å². The highest BCUT2D eigenvalue weighted by molar-refractivity contribution is 6.31. The molecule has 2 rings (SSSR count). The zero-order chi connectivity index (χ0) is 14.5. The summed E-state index contributed by atoms with van der Waals surface area (Å²) in [7, 11) is 0. The van der Waals surface area contributed by atoms with Gasteiger partial charge in [0.15, 0.2) is 0 Å². The number of hydrogen-bond acceptors (Lipinski definition) is 4. The van der Waals surface area contributed by atoms with Crippen LogP contribution in [0.4, 0.5) is 5.69 Å². The fraction of sp³-hybridized carbons (Fsp3) is 0.0714. The highest BCUT2D eigenvalue weighted by atomic mass is 35.5. The van der Waals surface area contributed by atoms with Gasteiger partial charge in [-0.1, -0.05) is 23.7 Å². The molecule has 0 spiro atoms. The summed E-state index contributed by atoms with van der Waals surface area (Å²) < 4.78 is 5.52. The Morgan fingerprint density at radius 1 is 1.30 bits per heavy atom. The van der Waals surface area contributed by atoms with Crippen molar-refractivity contribution in [1.29, 1.82) is 5.26 Å². The second kappa shape index (κ2) is 6.04. The molecule has 0 saturated heterocycles. The lowest BCUT2D eigenvalue weighted by atomic mass is 10.2. The van der Waals surface area contributed by atoms with E-state index in [9.17, 15) is 10.1 Å². The van der Waals surface area contributed by atoms with Crippen LogP contribution in [0.25, 0.3) is 0 Å². The van der Waals surface area contributed by atoms with Gasteiger partial charge in [0.1, 0.15) is 18.4 Å². The molecule has 0 aliphatic rings. The first-order valence-electron chi connectivity index (χ1n) is 5.66. The van der Waals surface area contributed by atoms with E-state index in [4.69, 9.17) is 21.6 Å². The fourth-order valence-corrected chi connectivity index (χ4v) is 1.84. The molecule has 0 radical (unpaired) electrons. The molecule has 0 saturated carbocycles. The third kappa shape index (κ3) is 3.05. The van der Waals surface area contributed by atoms with E-state index >= 15 is 0 Å². The van der Waals surface area contributed by atoms with E-state index in [2.05, 4.69) is 0 Å². The van der Waals surface area contributed by atoms with Crippen LogP contribution in [0, 0.1) is 21.4 Å². The normalized spacial score (nSPS) is 9.80. The number of para-hydroxylation sites is 1. The number of rotatable bonds is 4. The number of hydrogen-bond donors (Lipinski definition) is 0. The van der Waals surface area contributed by atoms with E-state index in [0.717, 1.165) is 0 Å². The number of ether oxygens (including phenoxy) is 1. The van der Waals surface area contributed by atoms with Crippen molar-refractivity contribution >= 4 is 17.3 Å². The molecule has 0 aromatic heterocycles. The van der Waals surface area contributed by atoms with Crippen LogP contribution >= 0.6 is 11.6 Å². The van der Waals surface area contributed by atoms with Crippen LogP contribution in [0.2, 0.25) is 5.02 Å². The Morgan fingerprint density at radius 2 is 2.05 bits per heavy atom. The van der Waals surface area contributed by atoms with Crippen molar-refractivity contribution in [2.75, 3.05) is 0 Å². The predicted octanol–water partition coefficient (Wildman–Crippen LogP) is 3.70. The standard InChI is InChI=1S/C14H9ClN2O3/c15-13-7-12(17(18)19)6-5-11(13)9-20-14-4-2-1-3-10(14)8-16/h1-7H,9H2. The van der Waals surface area contributed by atoms with E-state index in [1.807, 2.05) is 6.07 Å². The minimum Gasteiger partial charge on any atom is -0.487 e. The van der Waals surface area contributed by atoms with Crippen molar-refractivity contribution in [2.45, 2.75) is 6.61 Å². The summed E-state index contributed by atoms with van der Waals surface area (Å²) in [6.07, 6.45) is 0. The summed E-state index contributed by atoms with van der Waals surface area (Å²) in [4.78, 5) is 10.1. The highest BCUT2D eigenvalue weighted by Crippen LogP contribution is 2.24. The Morgan fingerprint density at radius 3 is 2.70 bits per heavy atom. The molecular formula is C14H9ClN2O3. The van der Waals surface area contributed by atoms with Gasteiger partial charge in [0.2, 0.25) is 0 Å². The lowest BCUT2D eigenvalue weighted by Gasteiger charge is -2.08. The molecule has 0 N–H and O–H groups in total. The largest absolute Gasteiger partial charge is 0.487 e. The second-order valence-corrected chi connectivity index (χ2v) is 4.34. The summed E-state index contributed by atoms with van der Waals surface area (Å²) in [5, 5.41) is 19.8. The zero-order valence-electron chi connectivity index (χ0n) is 10.2. The highest BCUT2D eigenvalue weighted by Gasteiger charge is 2.10. The van der Waals surface area contributed by atoms with Crippen molar-refractivity contribution in [3.05, 3.63) is 68.7 Å². The molecule has 5 nitrogen and oxygen atoms in total. The number of non-ortho nitro benzene ring substituents is 1. The lowest BCUT2D eigenvalue weighted by Crippen LogP contribution is -1.98. The van der Waals surface area contributed by atoms with Gasteiger partial charge in [-0.3, -0.25) is 10.1 Å². The number of halogens is 1. The predicted molar refractivity (Wildman–Crippen MR) is 73.6 cm³/mol. The van der Waals surface area contributed by atoms with Crippen LogP contribution < -0.4 is 4.74 Å². The third-order valence-electron chi connectivity index (χ3n) is 2.64. The van der Waals surface area contributed by atoms with Crippen LogP contribution in [0.1, 0.15) is 11.1 Å². The van der Waals surface area contributed by atoms with E-state index < -0.39 is 4.92 Å². The van der Waals surface area contributed by atoms with Crippen molar-refractivity contribution < 1.29 is 9.66 Å². The van der Waals surface area contributed by atoms with Gasteiger partial charge in [0.25, 0.3) is 5.69 Å². The van der Waals surface area contributed by atoms with Crippen LogP contribution in [-0.2, 0) is 6.61 Å².